The fourth-order valence-corrected chi connectivity index (χ4v) is 3.00. The lowest BCUT2D eigenvalue weighted by Gasteiger charge is -2.29. The van der Waals surface area contributed by atoms with Crippen LogP contribution in [0.4, 0.5) is 11.4 Å². The van der Waals surface area contributed by atoms with Crippen LogP contribution in [0.2, 0.25) is 0 Å². The summed E-state index contributed by atoms with van der Waals surface area (Å²) < 4.78 is 5.39. The van der Waals surface area contributed by atoms with Crippen LogP contribution in [0.5, 0.6) is 0 Å². The van der Waals surface area contributed by atoms with Crippen molar-refractivity contribution < 1.29 is 9.53 Å². The standard InChI is InChI=1S/C19H19N3O2/c23-19(18-12-14-4-1-2-7-17(14)21-18)20-15-5-3-6-16(13-15)22-8-10-24-11-9-22/h1-7,12-13,21H,8-11H2,(H,20,23). The molecule has 2 N–H and O–H groups in total. The van der Waals surface area contributed by atoms with Gasteiger partial charge in [0.15, 0.2) is 0 Å². The number of hydrogen-bond acceptors (Lipinski definition) is 3. The number of ether oxygens (including phenoxy) is 1. The number of rotatable bonds is 3. The molecule has 0 saturated carbocycles. The molecule has 0 atom stereocenters. The van der Waals surface area contributed by atoms with Crippen LogP contribution < -0.4 is 10.2 Å². The van der Waals surface area contributed by atoms with Crippen molar-refractivity contribution in [2.75, 3.05) is 36.5 Å². The maximum atomic E-state index is 12.5. The van der Waals surface area contributed by atoms with Gasteiger partial charge in [0.05, 0.1) is 13.2 Å². The Morgan fingerprint density at radius 3 is 2.71 bits per heavy atom. The van der Waals surface area contributed by atoms with E-state index in [2.05, 4.69) is 21.3 Å². The highest BCUT2D eigenvalue weighted by molar-refractivity contribution is 6.06. The van der Waals surface area contributed by atoms with Crippen molar-refractivity contribution in [3.8, 4) is 0 Å². The van der Waals surface area contributed by atoms with E-state index in [4.69, 9.17) is 4.74 Å². The highest BCUT2D eigenvalue weighted by Crippen LogP contribution is 2.21. The predicted molar refractivity (Wildman–Crippen MR) is 95.7 cm³/mol. The van der Waals surface area contributed by atoms with Crippen molar-refractivity contribution in [2.24, 2.45) is 0 Å². The summed E-state index contributed by atoms with van der Waals surface area (Å²) >= 11 is 0. The molecule has 1 saturated heterocycles. The van der Waals surface area contributed by atoms with Crippen molar-refractivity contribution in [3.05, 3.63) is 60.3 Å². The molecule has 0 spiro atoms. The van der Waals surface area contributed by atoms with Crippen LogP contribution in [0.25, 0.3) is 10.9 Å². The largest absolute Gasteiger partial charge is 0.378 e. The van der Waals surface area contributed by atoms with Gasteiger partial charge in [0.25, 0.3) is 5.91 Å². The molecular weight excluding hydrogens is 302 g/mol. The summed E-state index contributed by atoms with van der Waals surface area (Å²) in [4.78, 5) is 17.9. The highest BCUT2D eigenvalue weighted by atomic mass is 16.5. The molecule has 5 heteroatoms. The number of H-pyrrole nitrogens is 1. The van der Waals surface area contributed by atoms with Gasteiger partial charge >= 0.3 is 0 Å². The second-order valence-electron chi connectivity index (χ2n) is 5.87. The van der Waals surface area contributed by atoms with Crippen LogP contribution in [0.15, 0.2) is 54.6 Å². The van der Waals surface area contributed by atoms with Gasteiger partial charge in [-0.1, -0.05) is 24.3 Å². The Morgan fingerprint density at radius 2 is 1.88 bits per heavy atom. The van der Waals surface area contributed by atoms with Crippen molar-refractivity contribution in [2.45, 2.75) is 0 Å². The van der Waals surface area contributed by atoms with Crippen molar-refractivity contribution in [1.29, 1.82) is 0 Å². The highest BCUT2D eigenvalue weighted by Gasteiger charge is 2.13. The first kappa shape index (κ1) is 14.8. The lowest BCUT2D eigenvalue weighted by molar-refractivity contribution is 0.102. The third kappa shape index (κ3) is 2.98. The zero-order chi connectivity index (χ0) is 16.4. The summed E-state index contributed by atoms with van der Waals surface area (Å²) in [7, 11) is 0. The molecule has 2 heterocycles. The first-order valence-corrected chi connectivity index (χ1v) is 8.11. The summed E-state index contributed by atoms with van der Waals surface area (Å²) in [6.07, 6.45) is 0. The topological polar surface area (TPSA) is 57.4 Å². The van der Waals surface area contributed by atoms with E-state index in [1.165, 1.54) is 0 Å². The Morgan fingerprint density at radius 1 is 1.04 bits per heavy atom. The predicted octanol–water partition coefficient (Wildman–Crippen LogP) is 3.26. The van der Waals surface area contributed by atoms with E-state index >= 15 is 0 Å². The number of aromatic amines is 1. The maximum absolute atomic E-state index is 12.5. The van der Waals surface area contributed by atoms with Gasteiger partial charge in [0.2, 0.25) is 0 Å². The van der Waals surface area contributed by atoms with Gasteiger partial charge < -0.3 is 19.9 Å². The molecule has 1 aliphatic heterocycles. The van der Waals surface area contributed by atoms with Crippen molar-refractivity contribution in [1.82, 2.24) is 4.98 Å². The van der Waals surface area contributed by atoms with E-state index in [1.54, 1.807) is 0 Å². The quantitative estimate of drug-likeness (QED) is 0.778. The summed E-state index contributed by atoms with van der Waals surface area (Å²) in [5, 5.41) is 4.00. The van der Waals surface area contributed by atoms with Crippen molar-refractivity contribution in [3.63, 3.8) is 0 Å². The van der Waals surface area contributed by atoms with Crippen LogP contribution in [0.1, 0.15) is 10.5 Å². The van der Waals surface area contributed by atoms with Gasteiger partial charge in [0.1, 0.15) is 5.69 Å². The van der Waals surface area contributed by atoms with Gasteiger partial charge in [-0.3, -0.25) is 4.79 Å². The Bertz CT molecular complexity index is 833. The zero-order valence-corrected chi connectivity index (χ0v) is 13.3. The number of carbonyl (C=O) groups is 1. The molecule has 4 rings (SSSR count). The third-order valence-electron chi connectivity index (χ3n) is 4.25. The minimum Gasteiger partial charge on any atom is -0.378 e. The Labute approximate surface area is 140 Å². The fourth-order valence-electron chi connectivity index (χ4n) is 3.00. The van der Waals surface area contributed by atoms with Crippen LogP contribution in [-0.4, -0.2) is 37.2 Å². The molecular formula is C19H19N3O2. The smallest absolute Gasteiger partial charge is 0.272 e. The average molecular weight is 321 g/mol. The molecule has 24 heavy (non-hydrogen) atoms. The van der Waals surface area contributed by atoms with Gasteiger partial charge in [0, 0.05) is 35.4 Å². The molecule has 1 aromatic heterocycles. The summed E-state index contributed by atoms with van der Waals surface area (Å²) in [6, 6.07) is 17.7. The number of anilines is 2. The first-order valence-electron chi connectivity index (χ1n) is 8.11. The third-order valence-corrected chi connectivity index (χ3v) is 4.25. The normalized spacial score (nSPS) is 14.8. The average Bonchev–Trinajstić information content (AvgIpc) is 3.07. The lowest BCUT2D eigenvalue weighted by atomic mass is 10.2. The molecule has 3 aromatic rings. The minimum atomic E-state index is -0.134. The number of hydrogen-bond donors (Lipinski definition) is 2. The Hall–Kier alpha value is -2.79. The Balaban J connectivity index is 1.52. The van der Waals surface area contributed by atoms with Crippen molar-refractivity contribution >= 4 is 28.2 Å². The molecule has 0 bridgehead atoms. The van der Waals surface area contributed by atoms with E-state index in [1.807, 2.05) is 48.5 Å². The van der Waals surface area contributed by atoms with E-state index in [-0.39, 0.29) is 5.91 Å². The number of nitrogens with one attached hydrogen (secondary N) is 2. The number of morpholine rings is 1. The van der Waals surface area contributed by atoms with Gasteiger partial charge in [-0.2, -0.15) is 0 Å². The molecule has 1 aliphatic rings. The van der Waals surface area contributed by atoms with Crippen LogP contribution in [0, 0.1) is 0 Å². The van der Waals surface area contributed by atoms with Gasteiger partial charge in [-0.05, 0) is 30.3 Å². The van der Waals surface area contributed by atoms with E-state index in [9.17, 15) is 4.79 Å². The second kappa shape index (κ2) is 6.37. The molecule has 0 aliphatic carbocycles. The van der Waals surface area contributed by atoms with Gasteiger partial charge in [-0.15, -0.1) is 0 Å². The van der Waals surface area contributed by atoms with E-state index in [0.29, 0.717) is 5.69 Å². The maximum Gasteiger partial charge on any atom is 0.272 e. The SMILES string of the molecule is O=C(Nc1cccc(N2CCOCC2)c1)c1cc2ccccc2[nH]1. The van der Waals surface area contributed by atoms with E-state index in [0.717, 1.165) is 48.6 Å². The summed E-state index contributed by atoms with van der Waals surface area (Å²) in [5.74, 6) is -0.134. The van der Waals surface area contributed by atoms with Crippen LogP contribution in [0.3, 0.4) is 0 Å². The molecule has 0 radical (unpaired) electrons. The van der Waals surface area contributed by atoms with E-state index < -0.39 is 0 Å². The molecule has 1 fully saturated rings. The number of benzene rings is 2. The number of amides is 1. The number of aromatic nitrogens is 1. The molecule has 1 amide bonds. The van der Waals surface area contributed by atoms with Crippen LogP contribution in [-0.2, 0) is 4.74 Å². The second-order valence-corrected chi connectivity index (χ2v) is 5.87. The number of nitrogens with zero attached hydrogens (tertiary/aromatic N) is 1. The molecule has 5 nitrogen and oxygen atoms in total. The molecule has 122 valence electrons. The summed E-state index contributed by atoms with van der Waals surface area (Å²) in [5.41, 5.74) is 3.42. The molecule has 2 aromatic carbocycles. The summed E-state index contributed by atoms with van der Waals surface area (Å²) in [6.45, 7) is 3.23. The minimum absolute atomic E-state index is 0.134. The van der Waals surface area contributed by atoms with Crippen LogP contribution >= 0.6 is 0 Å². The zero-order valence-electron chi connectivity index (χ0n) is 13.3. The number of carbonyl (C=O) groups excluding carboxylic acids is 1. The fraction of sp³-hybridized carbons (Fsp3) is 0.211. The number of para-hydroxylation sites is 1. The Kier molecular flexibility index (Phi) is 3.92. The number of fused-ring (bicyclic) bond motifs is 1. The first-order chi connectivity index (χ1) is 11.8. The van der Waals surface area contributed by atoms with Gasteiger partial charge in [-0.25, -0.2) is 0 Å². The monoisotopic (exact) mass is 321 g/mol. The lowest BCUT2D eigenvalue weighted by Crippen LogP contribution is -2.36. The molecule has 0 unspecified atom stereocenters.